The number of hydrogen-bond donors (Lipinski definition) is 1. The Morgan fingerprint density at radius 1 is 1.32 bits per heavy atom. The van der Waals surface area contributed by atoms with Crippen LogP contribution in [0.5, 0.6) is 0 Å². The zero-order valence-corrected chi connectivity index (χ0v) is 12.0. The van der Waals surface area contributed by atoms with Crippen molar-refractivity contribution in [2.24, 2.45) is 5.92 Å². The van der Waals surface area contributed by atoms with Crippen LogP contribution in [0.2, 0.25) is 0 Å². The van der Waals surface area contributed by atoms with Gasteiger partial charge in [-0.15, -0.1) is 0 Å². The van der Waals surface area contributed by atoms with E-state index >= 15 is 0 Å². The Kier molecular flexibility index (Phi) is 3.82. The molecule has 19 heavy (non-hydrogen) atoms. The van der Waals surface area contributed by atoms with Crippen molar-refractivity contribution in [3.05, 3.63) is 24.0 Å². The van der Waals surface area contributed by atoms with Crippen molar-refractivity contribution in [3.63, 3.8) is 0 Å². The highest BCUT2D eigenvalue weighted by Gasteiger charge is 2.34. The second-order valence-electron chi connectivity index (χ2n) is 5.29. The lowest BCUT2D eigenvalue weighted by Crippen LogP contribution is -2.44. The molecule has 4 nitrogen and oxygen atoms in total. The fourth-order valence-electron chi connectivity index (χ4n) is 2.46. The number of halogens is 1. The summed E-state index contributed by atoms with van der Waals surface area (Å²) in [4.78, 5) is -0.00477. The molecule has 0 spiro atoms. The molecule has 1 aromatic rings. The van der Waals surface area contributed by atoms with Crippen LogP contribution >= 0.6 is 0 Å². The molecule has 106 valence electrons. The summed E-state index contributed by atoms with van der Waals surface area (Å²) >= 11 is 0. The molecule has 2 rings (SSSR count). The average molecular weight is 286 g/mol. The number of rotatable bonds is 2. The van der Waals surface area contributed by atoms with Gasteiger partial charge in [0.1, 0.15) is 10.7 Å². The molecule has 0 saturated carbocycles. The van der Waals surface area contributed by atoms with Crippen LogP contribution in [0.3, 0.4) is 0 Å². The van der Waals surface area contributed by atoms with Gasteiger partial charge < -0.3 is 5.73 Å². The van der Waals surface area contributed by atoms with Gasteiger partial charge in [-0.05, 0) is 43.9 Å². The molecule has 0 radical (unpaired) electrons. The summed E-state index contributed by atoms with van der Waals surface area (Å²) in [5.74, 6) is -0.204. The van der Waals surface area contributed by atoms with Crippen LogP contribution in [0, 0.1) is 11.7 Å². The number of nitrogen functional groups attached to an aromatic ring is 1. The number of nitrogens with zero attached hydrogens (tertiary/aromatic N) is 1. The molecule has 0 amide bonds. The second kappa shape index (κ2) is 5.09. The van der Waals surface area contributed by atoms with Gasteiger partial charge >= 0.3 is 0 Å². The van der Waals surface area contributed by atoms with Crippen molar-refractivity contribution in [1.29, 1.82) is 0 Å². The molecule has 6 heteroatoms. The number of piperidine rings is 1. The van der Waals surface area contributed by atoms with E-state index in [1.165, 1.54) is 10.4 Å². The molecule has 2 N–H and O–H groups in total. The summed E-state index contributed by atoms with van der Waals surface area (Å²) in [6.07, 6.45) is 1.85. The van der Waals surface area contributed by atoms with Gasteiger partial charge in [0.15, 0.2) is 0 Å². The summed E-state index contributed by atoms with van der Waals surface area (Å²) in [6, 6.07) is 3.36. The smallest absolute Gasteiger partial charge is 0.245 e. The molecule has 0 bridgehead atoms. The SMILES string of the molecule is CC1CCC(C)N(S(=O)(=O)c2ccc(F)cc2N)C1. The van der Waals surface area contributed by atoms with E-state index < -0.39 is 15.8 Å². The van der Waals surface area contributed by atoms with Crippen LogP contribution in [0.4, 0.5) is 10.1 Å². The molecule has 1 fully saturated rings. The topological polar surface area (TPSA) is 63.4 Å². The highest BCUT2D eigenvalue weighted by atomic mass is 32.2. The fourth-order valence-corrected chi connectivity index (χ4v) is 4.34. The van der Waals surface area contributed by atoms with Gasteiger partial charge in [-0.3, -0.25) is 0 Å². The van der Waals surface area contributed by atoms with Crippen LogP contribution in [-0.4, -0.2) is 25.3 Å². The third-order valence-electron chi connectivity index (χ3n) is 3.62. The Bertz CT molecular complexity index is 574. The molecule has 1 saturated heterocycles. The zero-order valence-electron chi connectivity index (χ0n) is 11.1. The molecule has 1 aromatic carbocycles. The molecule has 2 atom stereocenters. The molecule has 1 aliphatic heterocycles. The second-order valence-corrected chi connectivity index (χ2v) is 7.15. The highest BCUT2D eigenvalue weighted by molar-refractivity contribution is 7.89. The maximum absolute atomic E-state index is 13.0. The number of anilines is 1. The minimum atomic E-state index is -3.65. The first-order valence-corrected chi connectivity index (χ1v) is 7.83. The largest absolute Gasteiger partial charge is 0.398 e. The van der Waals surface area contributed by atoms with E-state index in [-0.39, 0.29) is 16.6 Å². The Hall–Kier alpha value is -1.14. The number of benzene rings is 1. The van der Waals surface area contributed by atoms with Gasteiger partial charge in [0.05, 0.1) is 5.69 Å². The summed E-state index contributed by atoms with van der Waals surface area (Å²) < 4.78 is 39.7. The molecule has 2 unspecified atom stereocenters. The Morgan fingerprint density at radius 3 is 2.63 bits per heavy atom. The van der Waals surface area contributed by atoms with E-state index in [1.807, 2.05) is 13.8 Å². The van der Waals surface area contributed by atoms with Crippen molar-refractivity contribution in [2.75, 3.05) is 12.3 Å². The standard InChI is InChI=1S/C13H19FN2O2S/c1-9-3-4-10(2)16(8-9)19(17,18)13-6-5-11(14)7-12(13)15/h5-7,9-10H,3-4,8,15H2,1-2H3. The van der Waals surface area contributed by atoms with E-state index in [2.05, 4.69) is 0 Å². The molecular formula is C13H19FN2O2S. The van der Waals surface area contributed by atoms with Crippen LogP contribution < -0.4 is 5.73 Å². The monoisotopic (exact) mass is 286 g/mol. The van der Waals surface area contributed by atoms with Gasteiger partial charge in [0.2, 0.25) is 10.0 Å². The van der Waals surface area contributed by atoms with E-state index in [0.717, 1.165) is 25.0 Å². The third-order valence-corrected chi connectivity index (χ3v) is 5.67. The van der Waals surface area contributed by atoms with Crippen molar-refractivity contribution >= 4 is 15.7 Å². The number of sulfonamides is 1. The fraction of sp³-hybridized carbons (Fsp3) is 0.538. The Labute approximate surface area is 113 Å². The Morgan fingerprint density at radius 2 is 2.00 bits per heavy atom. The van der Waals surface area contributed by atoms with Crippen LogP contribution in [-0.2, 0) is 10.0 Å². The van der Waals surface area contributed by atoms with Crippen LogP contribution in [0.1, 0.15) is 26.7 Å². The van der Waals surface area contributed by atoms with E-state index in [4.69, 9.17) is 5.73 Å². The Balaban J connectivity index is 2.41. The quantitative estimate of drug-likeness (QED) is 0.848. The van der Waals surface area contributed by atoms with Crippen LogP contribution in [0.15, 0.2) is 23.1 Å². The van der Waals surface area contributed by atoms with E-state index in [0.29, 0.717) is 12.5 Å². The van der Waals surface area contributed by atoms with Gasteiger partial charge in [-0.2, -0.15) is 4.31 Å². The molecular weight excluding hydrogens is 267 g/mol. The van der Waals surface area contributed by atoms with Crippen molar-refractivity contribution < 1.29 is 12.8 Å². The maximum atomic E-state index is 13.0. The van der Waals surface area contributed by atoms with Gasteiger partial charge in [-0.1, -0.05) is 6.92 Å². The molecule has 0 aromatic heterocycles. The first kappa shape index (κ1) is 14.3. The van der Waals surface area contributed by atoms with Crippen molar-refractivity contribution in [3.8, 4) is 0 Å². The minimum Gasteiger partial charge on any atom is -0.398 e. The predicted octanol–water partition coefficient (Wildman–Crippen LogP) is 2.22. The third kappa shape index (κ3) is 2.74. The minimum absolute atomic E-state index is 0.00477. The summed E-state index contributed by atoms with van der Waals surface area (Å²) in [7, 11) is -3.65. The number of nitrogens with two attached hydrogens (primary N) is 1. The zero-order chi connectivity index (χ0) is 14.2. The highest BCUT2D eigenvalue weighted by Crippen LogP contribution is 2.30. The number of hydrogen-bond acceptors (Lipinski definition) is 3. The lowest BCUT2D eigenvalue weighted by molar-refractivity contribution is 0.218. The van der Waals surface area contributed by atoms with Crippen LogP contribution in [0.25, 0.3) is 0 Å². The van der Waals surface area contributed by atoms with Crippen molar-refractivity contribution in [2.45, 2.75) is 37.6 Å². The maximum Gasteiger partial charge on any atom is 0.245 e. The van der Waals surface area contributed by atoms with E-state index in [1.54, 1.807) is 0 Å². The van der Waals surface area contributed by atoms with E-state index in [9.17, 15) is 12.8 Å². The molecule has 1 aliphatic rings. The lowest BCUT2D eigenvalue weighted by Gasteiger charge is -2.35. The normalized spacial score (nSPS) is 25.4. The summed E-state index contributed by atoms with van der Waals surface area (Å²) in [6.45, 7) is 4.41. The lowest BCUT2D eigenvalue weighted by atomic mass is 9.97. The first-order valence-electron chi connectivity index (χ1n) is 6.39. The van der Waals surface area contributed by atoms with Gasteiger partial charge in [0, 0.05) is 12.6 Å². The van der Waals surface area contributed by atoms with Gasteiger partial charge in [0.25, 0.3) is 0 Å². The van der Waals surface area contributed by atoms with Gasteiger partial charge in [-0.25, -0.2) is 12.8 Å². The molecule has 1 heterocycles. The van der Waals surface area contributed by atoms with Crippen molar-refractivity contribution in [1.82, 2.24) is 4.31 Å². The average Bonchev–Trinajstić information content (AvgIpc) is 2.31. The summed E-state index contributed by atoms with van der Waals surface area (Å²) in [5.41, 5.74) is 5.61. The predicted molar refractivity (Wildman–Crippen MR) is 72.6 cm³/mol. The molecule has 0 aliphatic carbocycles. The first-order chi connectivity index (χ1) is 8.82. The summed E-state index contributed by atoms with van der Waals surface area (Å²) in [5, 5.41) is 0.